The van der Waals surface area contributed by atoms with Crippen LogP contribution in [-0.2, 0) is 6.42 Å². The van der Waals surface area contributed by atoms with Gasteiger partial charge in [0.15, 0.2) is 0 Å². The lowest BCUT2D eigenvalue weighted by molar-refractivity contribution is 0.302. The van der Waals surface area contributed by atoms with Crippen LogP contribution in [0.25, 0.3) is 0 Å². The molecule has 2 fully saturated rings. The summed E-state index contributed by atoms with van der Waals surface area (Å²) >= 11 is 0. The van der Waals surface area contributed by atoms with Gasteiger partial charge in [0.2, 0.25) is 0 Å². The molecule has 2 aliphatic rings. The maximum absolute atomic E-state index is 5.85. The molecule has 0 aromatic heterocycles. The molecular weight excluding hydrogens is 222 g/mol. The number of ether oxygens (including phenoxy) is 1. The van der Waals surface area contributed by atoms with Crippen molar-refractivity contribution in [2.75, 3.05) is 6.54 Å². The molecule has 98 valence electrons. The van der Waals surface area contributed by atoms with Gasteiger partial charge in [-0.25, -0.2) is 0 Å². The Labute approximate surface area is 110 Å². The summed E-state index contributed by atoms with van der Waals surface area (Å²) in [5.74, 6) is 1.89. The van der Waals surface area contributed by atoms with Crippen molar-refractivity contribution in [3.63, 3.8) is 0 Å². The van der Waals surface area contributed by atoms with Crippen molar-refractivity contribution in [2.24, 2.45) is 5.92 Å². The van der Waals surface area contributed by atoms with Gasteiger partial charge < -0.3 is 10.1 Å². The zero-order valence-electron chi connectivity index (χ0n) is 11.2. The normalized spacial score (nSPS) is 28.1. The fourth-order valence-electron chi connectivity index (χ4n) is 2.64. The number of nitrogens with one attached hydrogen (secondary N) is 1. The summed E-state index contributed by atoms with van der Waals surface area (Å²) in [6, 6.07) is 9.30. The van der Waals surface area contributed by atoms with Gasteiger partial charge in [0, 0.05) is 6.04 Å². The number of hydrogen-bond donors (Lipinski definition) is 1. The van der Waals surface area contributed by atoms with E-state index in [9.17, 15) is 0 Å². The fourth-order valence-corrected chi connectivity index (χ4v) is 2.64. The minimum absolute atomic E-state index is 0.494. The number of benzene rings is 1. The Hall–Kier alpha value is -1.02. The minimum atomic E-state index is 0.494. The summed E-state index contributed by atoms with van der Waals surface area (Å²) < 4.78 is 5.85. The van der Waals surface area contributed by atoms with Crippen molar-refractivity contribution in [3.05, 3.63) is 29.8 Å². The first-order valence-electron chi connectivity index (χ1n) is 7.28. The molecule has 3 rings (SSSR count). The fraction of sp³-hybridized carbons (Fsp3) is 0.625. The van der Waals surface area contributed by atoms with E-state index in [0.717, 1.165) is 18.1 Å². The standard InChI is InChI=1S/C16H23NO/c1-12-5-6-14(17-11-12)9-13-3-2-4-16(10-13)18-15-7-8-15/h2-4,10,12,14-15,17H,5-9,11H2,1H3. The lowest BCUT2D eigenvalue weighted by Gasteiger charge is -2.28. The minimum Gasteiger partial charge on any atom is -0.490 e. The van der Waals surface area contributed by atoms with Crippen LogP contribution in [0.3, 0.4) is 0 Å². The van der Waals surface area contributed by atoms with E-state index in [1.165, 1.54) is 37.8 Å². The van der Waals surface area contributed by atoms with Crippen molar-refractivity contribution in [1.29, 1.82) is 0 Å². The highest BCUT2D eigenvalue weighted by Crippen LogP contribution is 2.27. The zero-order chi connectivity index (χ0) is 12.4. The lowest BCUT2D eigenvalue weighted by Crippen LogP contribution is -2.39. The van der Waals surface area contributed by atoms with Crippen molar-refractivity contribution < 1.29 is 4.74 Å². The van der Waals surface area contributed by atoms with Crippen LogP contribution >= 0.6 is 0 Å². The first kappa shape index (κ1) is 12.0. The van der Waals surface area contributed by atoms with Crippen LogP contribution in [0.2, 0.25) is 0 Å². The van der Waals surface area contributed by atoms with Gasteiger partial charge in [-0.05, 0) is 62.3 Å². The highest BCUT2D eigenvalue weighted by atomic mass is 16.5. The second-order valence-electron chi connectivity index (χ2n) is 5.96. The van der Waals surface area contributed by atoms with Gasteiger partial charge in [-0.3, -0.25) is 0 Å². The van der Waals surface area contributed by atoms with Crippen molar-refractivity contribution in [3.8, 4) is 5.75 Å². The van der Waals surface area contributed by atoms with Crippen LogP contribution in [0.4, 0.5) is 0 Å². The molecule has 2 heteroatoms. The van der Waals surface area contributed by atoms with E-state index >= 15 is 0 Å². The second-order valence-corrected chi connectivity index (χ2v) is 5.96. The van der Waals surface area contributed by atoms with Gasteiger partial charge >= 0.3 is 0 Å². The van der Waals surface area contributed by atoms with Crippen LogP contribution in [0.1, 0.15) is 38.2 Å². The molecule has 1 heterocycles. The predicted molar refractivity (Wildman–Crippen MR) is 74.0 cm³/mol. The third-order valence-corrected chi connectivity index (χ3v) is 3.97. The summed E-state index contributed by atoms with van der Waals surface area (Å²) in [6.45, 7) is 3.50. The first-order chi connectivity index (χ1) is 8.79. The molecule has 18 heavy (non-hydrogen) atoms. The maximum atomic E-state index is 5.85. The summed E-state index contributed by atoms with van der Waals surface area (Å²) in [5.41, 5.74) is 1.40. The SMILES string of the molecule is CC1CCC(Cc2cccc(OC3CC3)c2)NC1. The number of hydrogen-bond acceptors (Lipinski definition) is 2. The van der Waals surface area contributed by atoms with Crippen molar-refractivity contribution >= 4 is 0 Å². The highest BCUT2D eigenvalue weighted by molar-refractivity contribution is 5.29. The molecule has 0 spiro atoms. The van der Waals surface area contributed by atoms with Crippen LogP contribution in [-0.4, -0.2) is 18.7 Å². The van der Waals surface area contributed by atoms with Crippen LogP contribution in [0.15, 0.2) is 24.3 Å². The van der Waals surface area contributed by atoms with E-state index in [1.54, 1.807) is 0 Å². The molecular formula is C16H23NO. The molecule has 1 saturated carbocycles. The van der Waals surface area contributed by atoms with Crippen LogP contribution in [0, 0.1) is 5.92 Å². The zero-order valence-corrected chi connectivity index (χ0v) is 11.2. The average molecular weight is 245 g/mol. The molecule has 1 aromatic carbocycles. The topological polar surface area (TPSA) is 21.3 Å². The van der Waals surface area contributed by atoms with Gasteiger partial charge in [0.1, 0.15) is 5.75 Å². The summed E-state index contributed by atoms with van der Waals surface area (Å²) in [6.07, 6.45) is 6.74. The van der Waals surface area contributed by atoms with Crippen LogP contribution in [0.5, 0.6) is 5.75 Å². The molecule has 1 aromatic rings. The Balaban J connectivity index is 1.57. The van der Waals surface area contributed by atoms with Gasteiger partial charge in [-0.15, -0.1) is 0 Å². The summed E-state index contributed by atoms with van der Waals surface area (Å²) in [5, 5.41) is 3.65. The number of rotatable bonds is 4. The van der Waals surface area contributed by atoms with Crippen molar-refractivity contribution in [2.45, 2.75) is 51.2 Å². The average Bonchev–Trinajstić information content (AvgIpc) is 3.17. The van der Waals surface area contributed by atoms with E-state index in [2.05, 4.69) is 36.5 Å². The Kier molecular flexibility index (Phi) is 3.55. The van der Waals surface area contributed by atoms with Gasteiger partial charge in [0.05, 0.1) is 6.10 Å². The molecule has 0 bridgehead atoms. The van der Waals surface area contributed by atoms with Gasteiger partial charge in [-0.1, -0.05) is 19.1 Å². The Morgan fingerprint density at radius 2 is 2.11 bits per heavy atom. The van der Waals surface area contributed by atoms with E-state index in [1.807, 2.05) is 0 Å². The van der Waals surface area contributed by atoms with Crippen LogP contribution < -0.4 is 10.1 Å². The molecule has 0 radical (unpaired) electrons. The third-order valence-electron chi connectivity index (χ3n) is 3.97. The second kappa shape index (κ2) is 5.31. The Morgan fingerprint density at radius 1 is 1.22 bits per heavy atom. The molecule has 2 nitrogen and oxygen atoms in total. The van der Waals surface area contributed by atoms with Gasteiger partial charge in [0.25, 0.3) is 0 Å². The highest BCUT2D eigenvalue weighted by Gasteiger charge is 2.23. The largest absolute Gasteiger partial charge is 0.490 e. The van der Waals surface area contributed by atoms with Gasteiger partial charge in [-0.2, -0.15) is 0 Å². The molecule has 1 N–H and O–H groups in total. The molecule has 2 unspecified atom stereocenters. The van der Waals surface area contributed by atoms with E-state index in [4.69, 9.17) is 4.74 Å². The van der Waals surface area contributed by atoms with E-state index in [-0.39, 0.29) is 0 Å². The number of piperidine rings is 1. The first-order valence-corrected chi connectivity index (χ1v) is 7.28. The van der Waals surface area contributed by atoms with E-state index in [0.29, 0.717) is 12.1 Å². The van der Waals surface area contributed by atoms with Crippen molar-refractivity contribution in [1.82, 2.24) is 5.32 Å². The smallest absolute Gasteiger partial charge is 0.119 e. The molecule has 0 amide bonds. The summed E-state index contributed by atoms with van der Waals surface area (Å²) in [4.78, 5) is 0. The summed E-state index contributed by atoms with van der Waals surface area (Å²) in [7, 11) is 0. The Bertz CT molecular complexity index is 392. The third kappa shape index (κ3) is 3.26. The quantitative estimate of drug-likeness (QED) is 0.880. The molecule has 1 aliphatic carbocycles. The molecule has 1 saturated heterocycles. The predicted octanol–water partition coefficient (Wildman–Crippen LogP) is 3.16. The lowest BCUT2D eigenvalue weighted by atomic mass is 9.92. The molecule has 1 aliphatic heterocycles. The monoisotopic (exact) mass is 245 g/mol. The molecule has 2 atom stereocenters. The van der Waals surface area contributed by atoms with E-state index < -0.39 is 0 Å². The Morgan fingerprint density at radius 3 is 2.83 bits per heavy atom. The maximum Gasteiger partial charge on any atom is 0.119 e.